The molecule has 1 aliphatic heterocycles. The minimum Gasteiger partial charge on any atom is -0.374 e. The van der Waals surface area contributed by atoms with Gasteiger partial charge in [0.25, 0.3) is 0 Å². The molecule has 0 aromatic heterocycles. The van der Waals surface area contributed by atoms with Crippen LogP contribution in [0, 0.1) is 0 Å². The monoisotopic (exact) mass is 716 g/mol. The summed E-state index contributed by atoms with van der Waals surface area (Å²) >= 11 is 0. The molecule has 6 aromatic rings. The van der Waals surface area contributed by atoms with E-state index in [4.69, 9.17) is 23.7 Å². The second-order valence-electron chi connectivity index (χ2n) is 14.4. The third kappa shape index (κ3) is 9.25. The number of benzene rings is 6. The van der Waals surface area contributed by atoms with Crippen molar-refractivity contribution < 1.29 is 23.7 Å². The van der Waals surface area contributed by atoms with Gasteiger partial charge in [-0.1, -0.05) is 164 Å². The summed E-state index contributed by atoms with van der Waals surface area (Å²) in [6.07, 6.45) is 0.908. The van der Waals surface area contributed by atoms with E-state index in [0.717, 1.165) is 34.2 Å². The Hall–Kier alpha value is -4.88. The summed E-state index contributed by atoms with van der Waals surface area (Å²) in [5.41, 5.74) is 10.9. The first-order chi connectivity index (χ1) is 26.7. The van der Waals surface area contributed by atoms with Crippen molar-refractivity contribution >= 4 is 0 Å². The molecule has 1 aliphatic carbocycles. The van der Waals surface area contributed by atoms with Gasteiger partial charge < -0.3 is 23.7 Å². The van der Waals surface area contributed by atoms with E-state index in [1.807, 2.05) is 72.8 Å². The zero-order valence-corrected chi connectivity index (χ0v) is 30.7. The topological polar surface area (TPSA) is 46.2 Å². The molecule has 8 rings (SSSR count). The summed E-state index contributed by atoms with van der Waals surface area (Å²) in [6.45, 7) is 2.02. The molecule has 1 saturated heterocycles. The average molecular weight is 717 g/mol. The van der Waals surface area contributed by atoms with Crippen molar-refractivity contribution in [2.24, 2.45) is 0 Å². The van der Waals surface area contributed by atoms with Crippen LogP contribution in [0.5, 0.6) is 0 Å². The molecule has 0 unspecified atom stereocenters. The van der Waals surface area contributed by atoms with E-state index in [9.17, 15) is 0 Å². The molecule has 0 bridgehead atoms. The van der Waals surface area contributed by atoms with E-state index in [2.05, 4.69) is 91.0 Å². The molecule has 2 aliphatic rings. The quantitative estimate of drug-likeness (QED) is 0.0999. The summed E-state index contributed by atoms with van der Waals surface area (Å²) in [6, 6.07) is 56.9. The van der Waals surface area contributed by atoms with Crippen LogP contribution < -0.4 is 0 Å². The fourth-order valence-corrected chi connectivity index (χ4v) is 7.53. The zero-order valence-electron chi connectivity index (χ0n) is 30.7. The predicted octanol–water partition coefficient (Wildman–Crippen LogP) is 9.79. The van der Waals surface area contributed by atoms with E-state index >= 15 is 0 Å². The average Bonchev–Trinajstić information content (AvgIpc) is 3.21. The Morgan fingerprint density at radius 1 is 0.426 bits per heavy atom. The van der Waals surface area contributed by atoms with E-state index in [-0.39, 0.29) is 0 Å². The maximum atomic E-state index is 7.19. The molecule has 54 heavy (non-hydrogen) atoms. The Labute approximate surface area is 319 Å². The molecular formula is C49H48O5. The Bertz CT molecular complexity index is 2040. The second kappa shape index (κ2) is 18.0. The Morgan fingerprint density at radius 2 is 0.926 bits per heavy atom. The van der Waals surface area contributed by atoms with Crippen molar-refractivity contribution in [2.75, 3.05) is 6.61 Å². The first-order valence-electron chi connectivity index (χ1n) is 19.2. The lowest BCUT2D eigenvalue weighted by molar-refractivity contribution is -0.275. The molecule has 5 nitrogen and oxygen atoms in total. The largest absolute Gasteiger partial charge is 0.374 e. The normalized spacial score (nSPS) is 20.6. The lowest BCUT2D eigenvalue weighted by Gasteiger charge is -2.46. The van der Waals surface area contributed by atoms with Crippen LogP contribution in [0.3, 0.4) is 0 Å². The van der Waals surface area contributed by atoms with Crippen molar-refractivity contribution in [1.82, 2.24) is 0 Å². The number of ether oxygens (including phenoxy) is 5. The highest BCUT2D eigenvalue weighted by Crippen LogP contribution is 2.39. The van der Waals surface area contributed by atoms with Crippen molar-refractivity contribution in [3.05, 3.63) is 214 Å². The Kier molecular flexibility index (Phi) is 12.0. The number of rotatable bonds is 16. The van der Waals surface area contributed by atoms with Gasteiger partial charge in [-0.25, -0.2) is 0 Å². The lowest BCUT2D eigenvalue weighted by Crippen LogP contribution is -2.58. The molecule has 5 atom stereocenters. The number of aryl methyl sites for hydroxylation is 2. The highest BCUT2D eigenvalue weighted by atomic mass is 16.6. The van der Waals surface area contributed by atoms with Gasteiger partial charge in [-0.15, -0.1) is 0 Å². The fraction of sp³-hybridized carbons (Fsp3) is 0.265. The van der Waals surface area contributed by atoms with Gasteiger partial charge in [-0.3, -0.25) is 0 Å². The van der Waals surface area contributed by atoms with E-state index in [0.29, 0.717) is 33.0 Å². The fourth-order valence-electron chi connectivity index (χ4n) is 7.53. The van der Waals surface area contributed by atoms with E-state index in [1.54, 1.807) is 0 Å². The van der Waals surface area contributed by atoms with Crippen LogP contribution in [0.1, 0.15) is 56.2 Å². The molecule has 1 heterocycles. The molecule has 5 heteroatoms. The molecule has 274 valence electrons. The molecule has 1 fully saturated rings. The Balaban J connectivity index is 1.14. The second-order valence-corrected chi connectivity index (χ2v) is 14.4. The van der Waals surface area contributed by atoms with Crippen LogP contribution in [-0.4, -0.2) is 31.0 Å². The molecule has 0 N–H and O–H groups in total. The van der Waals surface area contributed by atoms with Crippen molar-refractivity contribution in [2.45, 2.75) is 76.2 Å². The summed E-state index contributed by atoms with van der Waals surface area (Å²) in [5.74, 6) is 0. The van der Waals surface area contributed by atoms with Crippen LogP contribution >= 0.6 is 0 Å². The third-order valence-electron chi connectivity index (χ3n) is 10.5. The van der Waals surface area contributed by atoms with Crippen LogP contribution in [0.25, 0.3) is 0 Å². The summed E-state index contributed by atoms with van der Waals surface area (Å²) in [5, 5.41) is 0. The first-order valence-corrected chi connectivity index (χ1v) is 19.2. The van der Waals surface area contributed by atoms with Gasteiger partial charge in [0.05, 0.1) is 33.0 Å². The maximum Gasteiger partial charge on any atom is 0.117 e. The summed E-state index contributed by atoms with van der Waals surface area (Å²) < 4.78 is 34.4. The molecule has 6 aromatic carbocycles. The van der Waals surface area contributed by atoms with Gasteiger partial charge in [0.1, 0.15) is 30.5 Å². The van der Waals surface area contributed by atoms with Crippen molar-refractivity contribution in [3.63, 3.8) is 0 Å². The van der Waals surface area contributed by atoms with Crippen LogP contribution in [0.4, 0.5) is 0 Å². The number of hydrogen-bond acceptors (Lipinski definition) is 5. The zero-order chi connectivity index (χ0) is 36.4. The highest BCUT2D eigenvalue weighted by molar-refractivity contribution is 5.41. The minimum atomic E-state index is -0.480. The van der Waals surface area contributed by atoms with E-state index < -0.39 is 30.5 Å². The van der Waals surface area contributed by atoms with Crippen LogP contribution in [0.15, 0.2) is 164 Å². The third-order valence-corrected chi connectivity index (χ3v) is 10.5. The molecule has 0 saturated carbocycles. The highest BCUT2D eigenvalue weighted by Gasteiger charge is 2.49. The summed E-state index contributed by atoms with van der Waals surface area (Å²) in [4.78, 5) is 0. The van der Waals surface area contributed by atoms with Gasteiger partial charge >= 0.3 is 0 Å². The van der Waals surface area contributed by atoms with Gasteiger partial charge in [0, 0.05) is 0 Å². The molecule has 0 amide bonds. The Morgan fingerprint density at radius 3 is 1.48 bits per heavy atom. The SMILES string of the molecule is c1ccc(COC[C@H]2O[C@@H](c3cccc(Cc4ccc5c(c4)CC5)c3)[C@H](OCc3ccccc3)[C@@H](OCc3ccccc3)[C@@H]2OCc2ccccc2)cc1. The van der Waals surface area contributed by atoms with Gasteiger partial charge in [-0.05, 0) is 69.3 Å². The molecule has 0 spiro atoms. The van der Waals surface area contributed by atoms with Gasteiger partial charge in [0.15, 0.2) is 0 Å². The maximum absolute atomic E-state index is 7.19. The van der Waals surface area contributed by atoms with Gasteiger partial charge in [0.2, 0.25) is 0 Å². The smallest absolute Gasteiger partial charge is 0.117 e. The molecule has 0 radical (unpaired) electrons. The van der Waals surface area contributed by atoms with Crippen LogP contribution in [0.2, 0.25) is 0 Å². The van der Waals surface area contributed by atoms with E-state index in [1.165, 1.54) is 35.1 Å². The number of fused-ring (bicyclic) bond motifs is 1. The van der Waals surface area contributed by atoms with Crippen molar-refractivity contribution in [3.8, 4) is 0 Å². The lowest BCUT2D eigenvalue weighted by atomic mass is 9.86. The first kappa shape index (κ1) is 36.1. The van der Waals surface area contributed by atoms with Crippen LogP contribution in [-0.2, 0) is 69.4 Å². The standard InChI is InChI=1S/C49H48O5/c1-5-14-36(15-6-1)31-50-35-45-47(51-32-37-16-7-2-8-17-37)49(53-34-39-20-11-4-12-21-39)48(52-33-38-18-9-3-10-19-38)46(54-45)44-23-13-22-40(30-44)28-41-24-25-42-26-27-43(42)29-41/h1-25,29-30,45-49H,26-28,31-35H2/t45-,46+,47-,48+,49+/m1/s1. The molecular weight excluding hydrogens is 669 g/mol. The summed E-state index contributed by atoms with van der Waals surface area (Å²) in [7, 11) is 0. The van der Waals surface area contributed by atoms with Gasteiger partial charge in [-0.2, -0.15) is 0 Å². The minimum absolute atomic E-state index is 0.330. The van der Waals surface area contributed by atoms with Crippen molar-refractivity contribution in [1.29, 1.82) is 0 Å². The predicted molar refractivity (Wildman–Crippen MR) is 212 cm³/mol. The number of hydrogen-bond donors (Lipinski definition) is 0.